The fourth-order valence-corrected chi connectivity index (χ4v) is 3.03. The summed E-state index contributed by atoms with van der Waals surface area (Å²) in [6, 6.07) is 12.1. The van der Waals surface area contributed by atoms with Crippen molar-refractivity contribution in [2.24, 2.45) is 0 Å². The summed E-state index contributed by atoms with van der Waals surface area (Å²) in [6.45, 7) is 3.40. The molecule has 0 radical (unpaired) electrons. The zero-order valence-electron chi connectivity index (χ0n) is 15.9. The Hall–Kier alpha value is -3.75. The van der Waals surface area contributed by atoms with Gasteiger partial charge in [0.25, 0.3) is 11.6 Å². The number of benzene rings is 2. The molecule has 0 aliphatic carbocycles. The maximum absolute atomic E-state index is 12.9. The van der Waals surface area contributed by atoms with Gasteiger partial charge in [0.1, 0.15) is 0 Å². The molecule has 1 aromatic heterocycles. The molecule has 9 heteroatoms. The molecule has 3 rings (SSSR count). The van der Waals surface area contributed by atoms with E-state index < -0.39 is 22.8 Å². The number of esters is 1. The monoisotopic (exact) mass is 396 g/mol. The predicted octanol–water partition coefficient (Wildman–Crippen LogP) is 3.28. The molecule has 0 aliphatic heterocycles. The molecule has 9 nitrogen and oxygen atoms in total. The van der Waals surface area contributed by atoms with Gasteiger partial charge in [0.15, 0.2) is 5.69 Å². The summed E-state index contributed by atoms with van der Waals surface area (Å²) < 4.78 is 5.16. The van der Waals surface area contributed by atoms with Crippen molar-refractivity contribution >= 4 is 28.5 Å². The topological polar surface area (TPSA) is 127 Å². The molecule has 150 valence electrons. The van der Waals surface area contributed by atoms with Gasteiger partial charge in [-0.15, -0.1) is 0 Å². The first kappa shape index (κ1) is 20.0. The SMILES string of the molecule is CC(C)OC(=O)C[C@H](NC(=O)c1n[nH]c2ccccc12)c1ccccc1[N+](=O)[O-]. The zero-order chi connectivity index (χ0) is 21.0. The van der Waals surface area contributed by atoms with E-state index in [0.717, 1.165) is 0 Å². The van der Waals surface area contributed by atoms with Crippen molar-refractivity contribution in [3.05, 3.63) is 69.9 Å². The molecule has 1 heterocycles. The largest absolute Gasteiger partial charge is 0.463 e. The number of carbonyl (C=O) groups is 2. The maximum Gasteiger partial charge on any atom is 0.308 e. The van der Waals surface area contributed by atoms with Crippen LogP contribution in [0.5, 0.6) is 0 Å². The van der Waals surface area contributed by atoms with Crippen LogP contribution >= 0.6 is 0 Å². The Morgan fingerprint density at radius 1 is 1.17 bits per heavy atom. The number of carbonyl (C=O) groups excluding carboxylic acids is 2. The highest BCUT2D eigenvalue weighted by Crippen LogP contribution is 2.28. The number of para-hydroxylation sites is 2. The van der Waals surface area contributed by atoms with Crippen molar-refractivity contribution in [2.75, 3.05) is 0 Å². The lowest BCUT2D eigenvalue weighted by molar-refractivity contribution is -0.385. The number of H-pyrrole nitrogens is 1. The molecule has 0 aliphatic rings. The number of nitro groups is 1. The molecule has 0 saturated carbocycles. The molecule has 1 amide bonds. The second kappa shape index (κ2) is 8.51. The van der Waals surface area contributed by atoms with Crippen molar-refractivity contribution in [2.45, 2.75) is 32.4 Å². The standard InChI is InChI=1S/C20H20N4O5/c1-12(2)29-18(25)11-16(13-7-4-6-10-17(13)24(27)28)21-20(26)19-14-8-3-5-9-15(14)22-23-19/h3-10,12,16H,11H2,1-2H3,(H,21,26)(H,22,23)/t16-/m0/s1. The Bertz CT molecular complexity index is 1060. The van der Waals surface area contributed by atoms with Gasteiger partial charge in [0.2, 0.25) is 0 Å². The first-order valence-corrected chi connectivity index (χ1v) is 9.03. The molecule has 0 bridgehead atoms. The Morgan fingerprint density at radius 3 is 2.59 bits per heavy atom. The van der Waals surface area contributed by atoms with E-state index in [2.05, 4.69) is 15.5 Å². The van der Waals surface area contributed by atoms with Crippen LogP contribution in [0.2, 0.25) is 0 Å². The van der Waals surface area contributed by atoms with Crippen LogP contribution in [0.25, 0.3) is 10.9 Å². The van der Waals surface area contributed by atoms with E-state index in [1.54, 1.807) is 44.2 Å². The number of nitrogens with one attached hydrogen (secondary N) is 2. The third kappa shape index (κ3) is 4.57. The summed E-state index contributed by atoms with van der Waals surface area (Å²) in [4.78, 5) is 36.0. The lowest BCUT2D eigenvalue weighted by atomic mass is 10.0. The number of nitro benzene ring substituents is 1. The van der Waals surface area contributed by atoms with Crippen LogP contribution in [-0.4, -0.2) is 33.1 Å². The third-order valence-corrected chi connectivity index (χ3v) is 4.24. The molecule has 0 spiro atoms. The molecular formula is C20H20N4O5. The number of rotatable bonds is 7. The summed E-state index contributed by atoms with van der Waals surface area (Å²) in [5.41, 5.74) is 0.842. The molecule has 0 saturated heterocycles. The minimum atomic E-state index is -0.953. The number of aromatic nitrogens is 2. The normalized spacial score (nSPS) is 12.0. The van der Waals surface area contributed by atoms with Gasteiger partial charge in [0, 0.05) is 11.5 Å². The van der Waals surface area contributed by atoms with E-state index in [1.165, 1.54) is 18.2 Å². The lowest BCUT2D eigenvalue weighted by Gasteiger charge is -2.19. The summed E-state index contributed by atoms with van der Waals surface area (Å²) >= 11 is 0. The highest BCUT2D eigenvalue weighted by molar-refractivity contribution is 6.04. The van der Waals surface area contributed by atoms with Crippen LogP contribution in [0.4, 0.5) is 5.69 Å². The van der Waals surface area contributed by atoms with Crippen molar-refractivity contribution in [1.29, 1.82) is 0 Å². The number of fused-ring (bicyclic) bond motifs is 1. The quantitative estimate of drug-likeness (QED) is 0.358. The summed E-state index contributed by atoms with van der Waals surface area (Å²) in [5.74, 6) is -1.13. The number of hydrogen-bond donors (Lipinski definition) is 2. The summed E-state index contributed by atoms with van der Waals surface area (Å²) in [7, 11) is 0. The van der Waals surface area contributed by atoms with Gasteiger partial charge < -0.3 is 10.1 Å². The fourth-order valence-electron chi connectivity index (χ4n) is 3.03. The second-order valence-corrected chi connectivity index (χ2v) is 6.70. The first-order valence-electron chi connectivity index (χ1n) is 9.03. The number of amides is 1. The number of hydrogen-bond acceptors (Lipinski definition) is 6. The van der Waals surface area contributed by atoms with Crippen LogP contribution in [-0.2, 0) is 9.53 Å². The van der Waals surface area contributed by atoms with Gasteiger partial charge in [-0.25, -0.2) is 0 Å². The van der Waals surface area contributed by atoms with Gasteiger partial charge in [-0.2, -0.15) is 5.10 Å². The molecule has 3 aromatic rings. The highest BCUT2D eigenvalue weighted by Gasteiger charge is 2.28. The van der Waals surface area contributed by atoms with Gasteiger partial charge in [0.05, 0.1) is 34.6 Å². The van der Waals surface area contributed by atoms with E-state index in [0.29, 0.717) is 10.9 Å². The van der Waals surface area contributed by atoms with Crippen molar-refractivity contribution < 1.29 is 19.2 Å². The van der Waals surface area contributed by atoms with Crippen molar-refractivity contribution in [1.82, 2.24) is 15.5 Å². The van der Waals surface area contributed by atoms with E-state index in [4.69, 9.17) is 4.74 Å². The van der Waals surface area contributed by atoms with Gasteiger partial charge in [-0.3, -0.25) is 24.8 Å². The van der Waals surface area contributed by atoms with Crippen LogP contribution in [0.15, 0.2) is 48.5 Å². The minimum absolute atomic E-state index is 0.140. The Morgan fingerprint density at radius 2 is 1.86 bits per heavy atom. The average Bonchev–Trinajstić information content (AvgIpc) is 3.11. The fraction of sp³-hybridized carbons (Fsp3) is 0.250. The molecule has 29 heavy (non-hydrogen) atoms. The second-order valence-electron chi connectivity index (χ2n) is 6.70. The van der Waals surface area contributed by atoms with Crippen molar-refractivity contribution in [3.63, 3.8) is 0 Å². The Balaban J connectivity index is 1.94. The molecule has 2 aromatic carbocycles. The average molecular weight is 396 g/mol. The van der Waals surface area contributed by atoms with E-state index >= 15 is 0 Å². The predicted molar refractivity (Wildman–Crippen MR) is 105 cm³/mol. The van der Waals surface area contributed by atoms with Gasteiger partial charge in [-0.1, -0.05) is 36.4 Å². The van der Waals surface area contributed by atoms with E-state index in [1.807, 2.05) is 0 Å². The summed E-state index contributed by atoms with van der Waals surface area (Å²) in [5, 5.41) is 21.6. The Labute approximate surface area is 166 Å². The maximum atomic E-state index is 12.9. The van der Waals surface area contributed by atoms with Gasteiger partial charge >= 0.3 is 5.97 Å². The van der Waals surface area contributed by atoms with E-state index in [-0.39, 0.29) is 29.5 Å². The van der Waals surface area contributed by atoms with Crippen LogP contribution in [0.3, 0.4) is 0 Å². The van der Waals surface area contributed by atoms with Crippen molar-refractivity contribution in [3.8, 4) is 0 Å². The molecule has 0 unspecified atom stereocenters. The van der Waals surface area contributed by atoms with E-state index in [9.17, 15) is 19.7 Å². The minimum Gasteiger partial charge on any atom is -0.463 e. The Kier molecular flexibility index (Phi) is 5.87. The molecule has 1 atom stereocenters. The number of ether oxygens (including phenoxy) is 1. The van der Waals surface area contributed by atoms with Crippen LogP contribution < -0.4 is 5.32 Å². The molecule has 0 fully saturated rings. The summed E-state index contributed by atoms with van der Waals surface area (Å²) in [6.07, 6.45) is -0.600. The smallest absolute Gasteiger partial charge is 0.308 e. The zero-order valence-corrected chi connectivity index (χ0v) is 15.9. The third-order valence-electron chi connectivity index (χ3n) is 4.24. The first-order chi connectivity index (χ1) is 13.9. The van der Waals surface area contributed by atoms with Crippen LogP contribution in [0.1, 0.15) is 42.4 Å². The molecule has 2 N–H and O–H groups in total. The number of nitrogens with zero attached hydrogens (tertiary/aromatic N) is 2. The number of aromatic amines is 1. The lowest BCUT2D eigenvalue weighted by Crippen LogP contribution is -2.32. The highest BCUT2D eigenvalue weighted by atomic mass is 16.6. The van der Waals surface area contributed by atoms with Crippen LogP contribution in [0, 0.1) is 10.1 Å². The molecular weight excluding hydrogens is 376 g/mol. The van der Waals surface area contributed by atoms with Gasteiger partial charge in [-0.05, 0) is 19.9 Å².